The number of ether oxygens (including phenoxy) is 1. The van der Waals surface area contributed by atoms with Gasteiger partial charge >= 0.3 is 6.09 Å². The molecule has 2 aromatic rings. The molecule has 8 nitrogen and oxygen atoms in total. The van der Waals surface area contributed by atoms with Gasteiger partial charge in [-0.25, -0.2) is 4.79 Å². The van der Waals surface area contributed by atoms with Crippen LogP contribution in [0.5, 0.6) is 5.75 Å². The summed E-state index contributed by atoms with van der Waals surface area (Å²) in [4.78, 5) is 30.2. The first-order chi connectivity index (χ1) is 17.7. The maximum atomic E-state index is 13.3. The second kappa shape index (κ2) is 11.7. The van der Waals surface area contributed by atoms with Crippen molar-refractivity contribution in [1.29, 1.82) is 5.26 Å². The molecule has 8 heteroatoms. The monoisotopic (exact) mass is 504 g/mol. The number of anilines is 1. The minimum atomic E-state index is -0.855. The largest absolute Gasteiger partial charge is 0.490 e. The number of rotatable bonds is 6. The Hall–Kier alpha value is -3.57. The molecule has 0 bridgehead atoms. The number of amides is 2. The van der Waals surface area contributed by atoms with E-state index in [0.717, 1.165) is 43.5 Å². The number of nitriles is 1. The van der Waals surface area contributed by atoms with Gasteiger partial charge in [0.25, 0.3) is 0 Å². The summed E-state index contributed by atoms with van der Waals surface area (Å²) in [5, 5.41) is 18.4. The van der Waals surface area contributed by atoms with E-state index in [2.05, 4.69) is 30.0 Å². The van der Waals surface area contributed by atoms with Crippen molar-refractivity contribution in [1.82, 2.24) is 9.80 Å². The first-order valence-electron chi connectivity index (χ1n) is 13.0. The highest BCUT2D eigenvalue weighted by Gasteiger charge is 2.30. The Kier molecular flexibility index (Phi) is 8.34. The molecule has 0 aromatic heterocycles. The zero-order valence-electron chi connectivity index (χ0n) is 21.9. The van der Waals surface area contributed by atoms with Crippen molar-refractivity contribution in [2.24, 2.45) is 5.92 Å². The SMILES string of the molecule is Cc1cc(N(C)C(=O)C2CCC(Oc3cccc(C#N)c3)CC2)ccc1CN1CCN(C(=O)O)[C@@H](C)C1. The molecule has 37 heavy (non-hydrogen) atoms. The van der Waals surface area contributed by atoms with Gasteiger partial charge in [-0.15, -0.1) is 0 Å². The first kappa shape index (κ1) is 26.5. The van der Waals surface area contributed by atoms with Crippen molar-refractivity contribution < 1.29 is 19.4 Å². The van der Waals surface area contributed by atoms with Crippen LogP contribution in [0.2, 0.25) is 0 Å². The van der Waals surface area contributed by atoms with Crippen LogP contribution in [0.3, 0.4) is 0 Å². The van der Waals surface area contributed by atoms with Crippen LogP contribution in [0.1, 0.15) is 49.3 Å². The van der Waals surface area contributed by atoms with Gasteiger partial charge in [-0.05, 0) is 81.0 Å². The van der Waals surface area contributed by atoms with Gasteiger partial charge in [0.05, 0.1) is 17.7 Å². The third-order valence-corrected chi connectivity index (χ3v) is 7.68. The van der Waals surface area contributed by atoms with Crippen molar-refractivity contribution >= 4 is 17.7 Å². The van der Waals surface area contributed by atoms with Gasteiger partial charge < -0.3 is 19.6 Å². The predicted molar refractivity (Wildman–Crippen MR) is 142 cm³/mol. The number of carboxylic acid groups (broad SMARTS) is 1. The van der Waals surface area contributed by atoms with E-state index in [1.54, 1.807) is 17.0 Å². The third kappa shape index (κ3) is 6.41. The van der Waals surface area contributed by atoms with E-state index >= 15 is 0 Å². The molecule has 1 saturated carbocycles. The third-order valence-electron chi connectivity index (χ3n) is 7.68. The normalized spacial score (nSPS) is 22.2. The van der Waals surface area contributed by atoms with Crippen molar-refractivity contribution in [2.75, 3.05) is 31.6 Å². The van der Waals surface area contributed by atoms with Crippen LogP contribution in [0.15, 0.2) is 42.5 Å². The van der Waals surface area contributed by atoms with Crippen molar-refractivity contribution in [2.45, 2.75) is 58.2 Å². The summed E-state index contributed by atoms with van der Waals surface area (Å²) < 4.78 is 6.07. The molecule has 1 aliphatic heterocycles. The Morgan fingerprint density at radius 3 is 2.54 bits per heavy atom. The highest BCUT2D eigenvalue weighted by Crippen LogP contribution is 2.31. The zero-order chi connectivity index (χ0) is 26.5. The van der Waals surface area contributed by atoms with Crippen molar-refractivity contribution in [3.8, 4) is 11.8 Å². The van der Waals surface area contributed by atoms with Crippen LogP contribution in [0.4, 0.5) is 10.5 Å². The second-order valence-corrected chi connectivity index (χ2v) is 10.3. The van der Waals surface area contributed by atoms with Gasteiger partial charge in [0.2, 0.25) is 5.91 Å². The Balaban J connectivity index is 1.30. The molecule has 4 rings (SSSR count). The van der Waals surface area contributed by atoms with E-state index in [4.69, 9.17) is 10.00 Å². The fourth-order valence-corrected chi connectivity index (χ4v) is 5.43. The molecule has 1 N–H and O–H groups in total. The lowest BCUT2D eigenvalue weighted by molar-refractivity contribution is -0.123. The lowest BCUT2D eigenvalue weighted by Crippen LogP contribution is -2.53. The number of carbonyl (C=O) groups is 2. The summed E-state index contributed by atoms with van der Waals surface area (Å²) >= 11 is 0. The molecular formula is C29H36N4O4. The van der Waals surface area contributed by atoms with Crippen LogP contribution < -0.4 is 9.64 Å². The molecule has 1 atom stereocenters. The molecule has 1 aliphatic carbocycles. The van der Waals surface area contributed by atoms with Crippen LogP contribution >= 0.6 is 0 Å². The summed E-state index contributed by atoms with van der Waals surface area (Å²) in [6.45, 7) is 6.72. The van der Waals surface area contributed by atoms with E-state index in [1.165, 1.54) is 10.5 Å². The first-order valence-corrected chi connectivity index (χ1v) is 13.0. The van der Waals surface area contributed by atoms with E-state index in [1.807, 2.05) is 32.2 Å². The number of hydrogen-bond donors (Lipinski definition) is 1. The van der Waals surface area contributed by atoms with Crippen LogP contribution in [0.25, 0.3) is 0 Å². The van der Waals surface area contributed by atoms with E-state index in [9.17, 15) is 14.7 Å². The number of carbonyl (C=O) groups excluding carboxylic acids is 1. The standard InChI is InChI=1S/C29H36N4O4/c1-20-15-25(10-7-24(20)19-32-13-14-33(29(35)36)21(2)18-32)31(3)28(34)23-8-11-26(12-9-23)37-27-6-4-5-22(16-27)17-30/h4-7,10,15-16,21,23,26H,8-9,11-14,18-19H2,1-3H3,(H,35,36)/t21-,23?,26?/m0/s1. The van der Waals surface area contributed by atoms with Crippen LogP contribution in [-0.4, -0.2) is 65.7 Å². The second-order valence-electron chi connectivity index (χ2n) is 10.3. The van der Waals surface area contributed by atoms with E-state index < -0.39 is 6.09 Å². The van der Waals surface area contributed by atoms with Gasteiger partial charge in [-0.2, -0.15) is 5.26 Å². The molecule has 196 valence electrons. The molecule has 1 saturated heterocycles. The number of hydrogen-bond acceptors (Lipinski definition) is 5. The van der Waals surface area contributed by atoms with Gasteiger partial charge in [-0.1, -0.05) is 12.1 Å². The quantitative estimate of drug-likeness (QED) is 0.615. The predicted octanol–water partition coefficient (Wildman–Crippen LogP) is 4.65. The minimum absolute atomic E-state index is 0.0257. The Morgan fingerprint density at radius 1 is 1.14 bits per heavy atom. The molecule has 1 heterocycles. The van der Waals surface area contributed by atoms with Crippen LogP contribution in [-0.2, 0) is 11.3 Å². The molecule has 0 radical (unpaired) electrons. The molecule has 2 amide bonds. The topological polar surface area (TPSA) is 97.1 Å². The van der Waals surface area contributed by atoms with E-state index in [-0.39, 0.29) is 24.0 Å². The highest BCUT2D eigenvalue weighted by molar-refractivity contribution is 5.94. The summed E-state index contributed by atoms with van der Waals surface area (Å²) in [5.74, 6) is 0.817. The molecule has 2 aliphatic rings. The smallest absolute Gasteiger partial charge is 0.407 e. The Labute approximate surface area is 219 Å². The summed E-state index contributed by atoms with van der Waals surface area (Å²) in [6.07, 6.45) is 2.39. The van der Waals surface area contributed by atoms with Gasteiger partial charge in [0, 0.05) is 50.9 Å². The maximum Gasteiger partial charge on any atom is 0.407 e. The summed E-state index contributed by atoms with van der Waals surface area (Å²) in [7, 11) is 1.85. The summed E-state index contributed by atoms with van der Waals surface area (Å²) in [6, 6.07) is 15.5. The number of nitrogens with zero attached hydrogens (tertiary/aromatic N) is 4. The van der Waals surface area contributed by atoms with Crippen LogP contribution in [0, 0.1) is 24.2 Å². The molecule has 0 spiro atoms. The molecule has 2 fully saturated rings. The lowest BCUT2D eigenvalue weighted by atomic mass is 9.86. The Morgan fingerprint density at radius 2 is 1.89 bits per heavy atom. The average molecular weight is 505 g/mol. The van der Waals surface area contributed by atoms with Gasteiger partial charge in [0.15, 0.2) is 0 Å². The van der Waals surface area contributed by atoms with Gasteiger partial charge in [-0.3, -0.25) is 9.69 Å². The Bertz CT molecular complexity index is 1170. The fourth-order valence-electron chi connectivity index (χ4n) is 5.43. The zero-order valence-corrected chi connectivity index (χ0v) is 21.9. The van der Waals surface area contributed by atoms with Crippen molar-refractivity contribution in [3.63, 3.8) is 0 Å². The number of aryl methyl sites for hydroxylation is 1. The number of benzene rings is 2. The highest BCUT2D eigenvalue weighted by atomic mass is 16.5. The lowest BCUT2D eigenvalue weighted by Gasteiger charge is -2.38. The minimum Gasteiger partial charge on any atom is -0.490 e. The molecule has 2 aromatic carbocycles. The molecular weight excluding hydrogens is 468 g/mol. The maximum absolute atomic E-state index is 13.3. The number of piperazine rings is 1. The van der Waals surface area contributed by atoms with Crippen molar-refractivity contribution in [3.05, 3.63) is 59.2 Å². The fraction of sp³-hybridized carbons (Fsp3) is 0.483. The van der Waals surface area contributed by atoms with E-state index in [0.29, 0.717) is 30.9 Å². The average Bonchev–Trinajstić information content (AvgIpc) is 2.89. The summed E-state index contributed by atoms with van der Waals surface area (Å²) in [5.41, 5.74) is 3.79. The van der Waals surface area contributed by atoms with Gasteiger partial charge in [0.1, 0.15) is 5.75 Å². The molecule has 0 unspecified atom stereocenters.